The number of nitrogens with two attached hydrogens (primary N) is 1. The maximum Gasteiger partial charge on any atom is 0.255 e. The fourth-order valence-electron chi connectivity index (χ4n) is 6.42. The molecule has 192 valence electrons. The largest absolute Gasteiger partial charge is 0.510 e. The van der Waals surface area contributed by atoms with Gasteiger partial charge >= 0.3 is 0 Å². The number of carbonyl (C=O) groups is 3. The number of benzene rings is 1. The highest BCUT2D eigenvalue weighted by molar-refractivity contribution is 6.25. The second kappa shape index (κ2) is 7.81. The van der Waals surface area contributed by atoms with E-state index in [0.29, 0.717) is 11.1 Å². The molecule has 1 fully saturated rings. The van der Waals surface area contributed by atoms with E-state index in [1.807, 2.05) is 25.1 Å². The van der Waals surface area contributed by atoms with Gasteiger partial charge in [-0.05, 0) is 68.8 Å². The average molecular weight is 498 g/mol. The zero-order valence-corrected chi connectivity index (χ0v) is 20.7. The first-order valence-electron chi connectivity index (χ1n) is 12.0. The van der Waals surface area contributed by atoms with Crippen molar-refractivity contribution in [1.29, 1.82) is 0 Å². The lowest BCUT2D eigenvalue weighted by Crippen LogP contribution is -2.63. The summed E-state index contributed by atoms with van der Waals surface area (Å²) in [6, 6.07) is 0.905. The van der Waals surface area contributed by atoms with Crippen LogP contribution in [0.1, 0.15) is 46.7 Å². The summed E-state index contributed by atoms with van der Waals surface area (Å²) < 4.78 is 0. The van der Waals surface area contributed by atoms with Crippen LogP contribution in [0.5, 0.6) is 5.75 Å². The van der Waals surface area contributed by atoms with Crippen LogP contribution in [0.4, 0.5) is 5.69 Å². The number of aliphatic hydroxyl groups excluding tert-OH is 2. The number of primary amides is 1. The Bertz CT molecular complexity index is 1290. The summed E-state index contributed by atoms with van der Waals surface area (Å²) in [7, 11) is 6.92. The highest BCUT2D eigenvalue weighted by atomic mass is 16.3. The van der Waals surface area contributed by atoms with E-state index in [1.54, 1.807) is 14.1 Å². The van der Waals surface area contributed by atoms with Crippen molar-refractivity contribution in [2.75, 3.05) is 33.1 Å². The van der Waals surface area contributed by atoms with Crippen LogP contribution in [0.15, 0.2) is 28.7 Å². The second-order valence-electron chi connectivity index (χ2n) is 10.8. The van der Waals surface area contributed by atoms with Crippen molar-refractivity contribution in [2.24, 2.45) is 17.6 Å². The van der Waals surface area contributed by atoms with E-state index in [4.69, 9.17) is 5.73 Å². The molecule has 1 aromatic rings. The molecule has 10 heteroatoms. The van der Waals surface area contributed by atoms with E-state index in [0.717, 1.165) is 18.5 Å². The van der Waals surface area contributed by atoms with Gasteiger partial charge < -0.3 is 31.1 Å². The third kappa shape index (κ3) is 3.07. The minimum absolute atomic E-state index is 0.0730. The van der Waals surface area contributed by atoms with Crippen LogP contribution >= 0.6 is 0 Å². The van der Waals surface area contributed by atoms with Gasteiger partial charge in [-0.25, -0.2) is 0 Å². The summed E-state index contributed by atoms with van der Waals surface area (Å²) in [5.41, 5.74) is 3.97. The third-order valence-corrected chi connectivity index (χ3v) is 8.23. The van der Waals surface area contributed by atoms with Gasteiger partial charge in [0.1, 0.15) is 22.8 Å². The highest BCUT2D eigenvalue weighted by Gasteiger charge is 2.63. The Morgan fingerprint density at radius 2 is 1.72 bits per heavy atom. The number of aliphatic hydroxyl groups is 3. The topological polar surface area (TPSA) is 165 Å². The molecule has 4 aliphatic rings. The zero-order valence-electron chi connectivity index (χ0n) is 20.7. The number of amides is 1. The molecule has 0 radical (unpaired) electrons. The van der Waals surface area contributed by atoms with Crippen LogP contribution in [0, 0.1) is 11.8 Å². The summed E-state index contributed by atoms with van der Waals surface area (Å²) in [5, 5.41) is 45.0. The van der Waals surface area contributed by atoms with Gasteiger partial charge in [-0.3, -0.25) is 19.3 Å². The molecule has 0 saturated heterocycles. The summed E-state index contributed by atoms with van der Waals surface area (Å²) in [6.45, 7) is 0. The molecule has 5 rings (SSSR count). The zero-order chi connectivity index (χ0) is 26.4. The minimum Gasteiger partial charge on any atom is -0.510 e. The molecule has 0 heterocycles. The van der Waals surface area contributed by atoms with Gasteiger partial charge in [0.15, 0.2) is 11.4 Å². The van der Waals surface area contributed by atoms with Crippen LogP contribution in [0.25, 0.3) is 0 Å². The Balaban J connectivity index is 1.74. The van der Waals surface area contributed by atoms with Crippen LogP contribution < -0.4 is 10.6 Å². The SMILES string of the molecule is CN(C)c1cc(C2CC2)c(O)c2c1C[C@H]1C[C@H]3[C@H](N(C)C)C(O)=C(C(N)=O)C(=O)[C@@]3(O)C(O)=C1C2=O. The molecule has 1 amide bonds. The van der Waals surface area contributed by atoms with Gasteiger partial charge in [-0.15, -0.1) is 0 Å². The first-order chi connectivity index (χ1) is 16.8. The minimum atomic E-state index is -2.63. The summed E-state index contributed by atoms with van der Waals surface area (Å²) >= 11 is 0. The maximum absolute atomic E-state index is 13.9. The molecule has 6 N–H and O–H groups in total. The quantitative estimate of drug-likeness (QED) is 0.383. The van der Waals surface area contributed by atoms with E-state index in [9.17, 15) is 34.8 Å². The molecule has 0 unspecified atom stereocenters. The summed E-state index contributed by atoms with van der Waals surface area (Å²) in [5.74, 6) is -6.14. The van der Waals surface area contributed by atoms with E-state index >= 15 is 0 Å². The lowest BCUT2D eigenvalue weighted by atomic mass is 9.58. The predicted octanol–water partition coefficient (Wildman–Crippen LogP) is 1.06. The van der Waals surface area contributed by atoms with Crippen molar-refractivity contribution in [1.82, 2.24) is 4.90 Å². The van der Waals surface area contributed by atoms with Crippen molar-refractivity contribution in [3.63, 3.8) is 0 Å². The smallest absolute Gasteiger partial charge is 0.255 e. The Morgan fingerprint density at radius 3 is 2.25 bits per heavy atom. The highest BCUT2D eigenvalue weighted by Crippen LogP contribution is 2.55. The summed E-state index contributed by atoms with van der Waals surface area (Å²) in [6.07, 6.45) is 2.15. The van der Waals surface area contributed by atoms with Crippen LogP contribution in [-0.4, -0.2) is 82.6 Å². The number of likely N-dealkylation sites (N-methyl/N-ethyl adjacent to an activating group) is 1. The van der Waals surface area contributed by atoms with Gasteiger partial charge in [-0.2, -0.15) is 0 Å². The molecule has 4 aliphatic carbocycles. The number of hydrogen-bond acceptors (Lipinski definition) is 9. The molecule has 0 spiro atoms. The van der Waals surface area contributed by atoms with Gasteiger partial charge in [0.2, 0.25) is 5.78 Å². The molecule has 0 aromatic heterocycles. The van der Waals surface area contributed by atoms with Gasteiger partial charge in [0, 0.05) is 31.3 Å². The number of anilines is 1. The maximum atomic E-state index is 13.9. The standard InChI is InChI=1S/C26H31N3O7/c1-28(2)15-9-12(10-5-6-10)20(30)17-13(15)7-11-8-14-19(29(3)4)22(32)18(25(27)35)24(34)26(14,36)23(33)16(11)21(17)31/h9-11,14,19,30,32-33,36H,5-8H2,1-4H3,(H2,27,35)/t11-,14-,19-,26-/m0/s1. The number of Topliss-reactive ketones (excluding diaryl/α,β-unsaturated/α-hetero) is 2. The monoisotopic (exact) mass is 497 g/mol. The molecular formula is C26H31N3O7. The second-order valence-corrected chi connectivity index (χ2v) is 10.8. The van der Waals surface area contributed by atoms with Gasteiger partial charge in [-0.1, -0.05) is 0 Å². The Morgan fingerprint density at radius 1 is 1.08 bits per heavy atom. The Labute approximate surface area is 208 Å². The lowest BCUT2D eigenvalue weighted by molar-refractivity contribution is -0.148. The van der Waals surface area contributed by atoms with E-state index in [1.165, 1.54) is 4.90 Å². The number of phenols is 1. The number of allylic oxidation sites excluding steroid dienone is 1. The number of phenolic OH excluding ortho intramolecular Hbond substituents is 1. The number of aromatic hydroxyl groups is 1. The Kier molecular flexibility index (Phi) is 5.28. The lowest BCUT2D eigenvalue weighted by Gasteiger charge is -2.50. The molecule has 1 aromatic carbocycles. The van der Waals surface area contributed by atoms with Crippen molar-refractivity contribution < 1.29 is 34.8 Å². The molecule has 0 bridgehead atoms. The number of ketones is 2. The third-order valence-electron chi connectivity index (χ3n) is 8.23. The predicted molar refractivity (Wildman–Crippen MR) is 130 cm³/mol. The normalized spacial score (nSPS) is 29.8. The number of rotatable bonds is 4. The average Bonchev–Trinajstić information content (AvgIpc) is 3.61. The fraction of sp³-hybridized carbons (Fsp3) is 0.500. The first kappa shape index (κ1) is 24.3. The van der Waals surface area contributed by atoms with Crippen molar-refractivity contribution >= 4 is 23.2 Å². The fourth-order valence-corrected chi connectivity index (χ4v) is 6.42. The van der Waals surface area contributed by atoms with E-state index < -0.39 is 58.0 Å². The number of hydrogen-bond donors (Lipinski definition) is 5. The molecule has 1 saturated carbocycles. The molecule has 4 atom stereocenters. The van der Waals surface area contributed by atoms with E-state index in [-0.39, 0.29) is 35.6 Å². The number of fused-ring (bicyclic) bond motifs is 3. The van der Waals surface area contributed by atoms with Gasteiger partial charge in [0.25, 0.3) is 5.91 Å². The van der Waals surface area contributed by atoms with Crippen LogP contribution in [0.2, 0.25) is 0 Å². The molecule has 36 heavy (non-hydrogen) atoms. The van der Waals surface area contributed by atoms with Crippen LogP contribution in [0.3, 0.4) is 0 Å². The molecule has 0 aliphatic heterocycles. The van der Waals surface area contributed by atoms with Crippen molar-refractivity contribution in [3.05, 3.63) is 45.4 Å². The summed E-state index contributed by atoms with van der Waals surface area (Å²) in [4.78, 5) is 42.7. The molecular weight excluding hydrogens is 466 g/mol. The molecule has 10 nitrogen and oxygen atoms in total. The van der Waals surface area contributed by atoms with Crippen molar-refractivity contribution in [2.45, 2.75) is 43.2 Å². The van der Waals surface area contributed by atoms with Gasteiger partial charge in [0.05, 0.1) is 11.6 Å². The number of carbonyl (C=O) groups excluding carboxylic acids is 3. The Hall–Kier alpha value is -3.37. The van der Waals surface area contributed by atoms with E-state index in [2.05, 4.69) is 0 Å². The number of nitrogens with zero attached hydrogens (tertiary/aromatic N) is 2. The van der Waals surface area contributed by atoms with Crippen LogP contribution in [-0.2, 0) is 16.0 Å². The van der Waals surface area contributed by atoms with Crippen molar-refractivity contribution in [3.8, 4) is 5.75 Å². The first-order valence-corrected chi connectivity index (χ1v) is 12.0.